The monoisotopic (exact) mass is 694 g/mol. The summed E-state index contributed by atoms with van der Waals surface area (Å²) in [6, 6.07) is 38.3. The van der Waals surface area contributed by atoms with Crippen molar-refractivity contribution >= 4 is 15.3 Å². The average molecular weight is 696 g/mol. The Bertz CT molecular complexity index is 2000. The normalized spacial score (nSPS) is 15.2. The van der Waals surface area contributed by atoms with Crippen LogP contribution in [-0.2, 0) is 34.1 Å². The third-order valence-corrected chi connectivity index (χ3v) is 17.3. The molecule has 1 unspecified atom stereocenters. The molecule has 7 rings (SSSR count). The van der Waals surface area contributed by atoms with Crippen LogP contribution in [0.25, 0.3) is 33.4 Å². The van der Waals surface area contributed by atoms with E-state index in [9.17, 15) is 0 Å². The van der Waals surface area contributed by atoms with Crippen molar-refractivity contribution in [3.63, 3.8) is 0 Å². The van der Waals surface area contributed by atoms with Gasteiger partial charge in [-0.2, -0.15) is 0 Å². The molecule has 2 aliphatic carbocycles. The van der Waals surface area contributed by atoms with Gasteiger partial charge in [0.15, 0.2) is 0 Å². The van der Waals surface area contributed by atoms with Crippen molar-refractivity contribution in [2.75, 3.05) is 0 Å². The minimum atomic E-state index is -2.50. The Morgan fingerprint density at radius 1 is 0.783 bits per heavy atom. The molecule has 1 atom stereocenters. The number of hydrogen-bond acceptors (Lipinski definition) is 0. The van der Waals surface area contributed by atoms with Crippen LogP contribution in [0.5, 0.6) is 0 Å². The first-order valence-corrected chi connectivity index (χ1v) is 21.2. The Kier molecular flexibility index (Phi) is 9.35. The van der Waals surface area contributed by atoms with Gasteiger partial charge in [0.1, 0.15) is 0 Å². The number of rotatable bonds is 9. The van der Waals surface area contributed by atoms with Gasteiger partial charge in [-0.25, -0.2) is 0 Å². The second-order valence-electron chi connectivity index (χ2n) is 12.8. The van der Waals surface area contributed by atoms with Crippen LogP contribution in [-0.4, -0.2) is 3.71 Å². The van der Waals surface area contributed by atoms with Crippen LogP contribution >= 0.6 is 11.6 Å². The second-order valence-corrected chi connectivity index (χ2v) is 19.5. The fourth-order valence-electron chi connectivity index (χ4n) is 7.67. The van der Waals surface area contributed by atoms with Gasteiger partial charge in [0.05, 0.1) is 0 Å². The van der Waals surface area contributed by atoms with Gasteiger partial charge in [-0.3, -0.25) is 0 Å². The molecule has 228 valence electrons. The SMILES string of the molecule is CCCCc1c(-c2ccccc2)c(C)cc2c1[CH]([Zr](=[CH]Cc1cccc(Cl)c1)[C]1=CC=CC1)c1cc(-c3ccccc3)c(C)cc1-2. The van der Waals surface area contributed by atoms with Gasteiger partial charge in [0.2, 0.25) is 0 Å². The molecule has 0 fully saturated rings. The molecule has 0 N–H and O–H groups in total. The van der Waals surface area contributed by atoms with Crippen molar-refractivity contribution in [3.8, 4) is 33.4 Å². The zero-order chi connectivity index (χ0) is 31.6. The summed E-state index contributed by atoms with van der Waals surface area (Å²) < 4.78 is 4.90. The standard InChI is InChI=1S/C31H29.C8H7Cl.C5H5.Zr/c1-4-5-16-26-30-20-25-19-27(23-12-8-6-9-13-23)21(2)17-28(25)29(30)18-22(3)31(26)24-14-10-7-11-15-24;1-2-7-4-3-5-8(9)6-7;1-2-4-5-3-1;/h6-15,17-20H,4-5,16H2,1-3H3;1,3-6H,2H2;1-3H,4H2;. The van der Waals surface area contributed by atoms with E-state index >= 15 is 0 Å². The van der Waals surface area contributed by atoms with Crippen LogP contribution in [0.4, 0.5) is 0 Å². The van der Waals surface area contributed by atoms with E-state index in [2.05, 4.69) is 140 Å². The summed E-state index contributed by atoms with van der Waals surface area (Å²) in [5.74, 6) is 0. The van der Waals surface area contributed by atoms with Crippen molar-refractivity contribution in [1.29, 1.82) is 0 Å². The van der Waals surface area contributed by atoms with Gasteiger partial charge in [0.25, 0.3) is 0 Å². The molecule has 0 bridgehead atoms. The number of halogens is 1. The van der Waals surface area contributed by atoms with E-state index in [1.54, 1.807) is 20.0 Å². The predicted molar refractivity (Wildman–Crippen MR) is 196 cm³/mol. The van der Waals surface area contributed by atoms with E-state index in [4.69, 9.17) is 11.6 Å². The van der Waals surface area contributed by atoms with Crippen molar-refractivity contribution in [2.45, 2.75) is 56.5 Å². The molecular formula is C44H41ClZr. The van der Waals surface area contributed by atoms with Crippen molar-refractivity contribution in [3.05, 3.63) is 163 Å². The molecule has 2 aliphatic rings. The summed E-state index contributed by atoms with van der Waals surface area (Å²) >= 11 is 3.98. The quantitative estimate of drug-likeness (QED) is 0.144. The Morgan fingerprint density at radius 3 is 2.22 bits per heavy atom. The molecule has 0 heterocycles. The molecular weight excluding hydrogens is 655 g/mol. The molecule has 46 heavy (non-hydrogen) atoms. The first-order valence-electron chi connectivity index (χ1n) is 16.8. The molecule has 0 nitrogen and oxygen atoms in total. The molecule has 0 saturated heterocycles. The Hall–Kier alpha value is -3.38. The van der Waals surface area contributed by atoms with Gasteiger partial charge in [-0.1, -0.05) is 0 Å². The second kappa shape index (κ2) is 13.8. The van der Waals surface area contributed by atoms with Gasteiger partial charge in [-0.15, -0.1) is 0 Å². The van der Waals surface area contributed by atoms with Gasteiger partial charge < -0.3 is 0 Å². The van der Waals surface area contributed by atoms with Crippen LogP contribution in [0.15, 0.2) is 125 Å². The van der Waals surface area contributed by atoms with Gasteiger partial charge >= 0.3 is 289 Å². The molecule has 0 saturated carbocycles. The first-order chi connectivity index (χ1) is 22.5. The maximum absolute atomic E-state index is 6.48. The molecule has 0 amide bonds. The summed E-state index contributed by atoms with van der Waals surface area (Å²) in [7, 11) is 0. The van der Waals surface area contributed by atoms with E-state index < -0.39 is 21.3 Å². The maximum atomic E-state index is 6.48. The Morgan fingerprint density at radius 2 is 1.52 bits per heavy atom. The first kappa shape index (κ1) is 31.2. The van der Waals surface area contributed by atoms with Crippen LogP contribution in [0, 0.1) is 13.8 Å². The number of aryl methyl sites for hydroxylation is 2. The zero-order valence-electron chi connectivity index (χ0n) is 27.1. The summed E-state index contributed by atoms with van der Waals surface area (Å²) in [5, 5.41) is 0.821. The van der Waals surface area contributed by atoms with Crippen molar-refractivity contribution in [1.82, 2.24) is 0 Å². The molecule has 0 aliphatic heterocycles. The van der Waals surface area contributed by atoms with Crippen molar-refractivity contribution in [2.24, 2.45) is 0 Å². The van der Waals surface area contributed by atoms with E-state index in [1.165, 1.54) is 62.9 Å². The van der Waals surface area contributed by atoms with E-state index in [1.807, 2.05) is 6.07 Å². The Balaban J connectivity index is 1.52. The Labute approximate surface area is 287 Å². The third-order valence-electron chi connectivity index (χ3n) is 9.79. The summed E-state index contributed by atoms with van der Waals surface area (Å²) in [5.41, 5.74) is 17.2. The number of benzene rings is 5. The number of allylic oxidation sites excluding steroid dienone is 4. The fourth-order valence-corrected chi connectivity index (χ4v) is 15.7. The summed E-state index contributed by atoms with van der Waals surface area (Å²) in [6.07, 6.45) is 12.7. The van der Waals surface area contributed by atoms with E-state index in [-0.39, 0.29) is 0 Å². The third kappa shape index (κ3) is 6.06. The fraction of sp³-hybridized carbons (Fsp3) is 0.205. The number of fused-ring (bicyclic) bond motifs is 3. The van der Waals surface area contributed by atoms with Crippen LogP contribution in [0.2, 0.25) is 5.02 Å². The van der Waals surface area contributed by atoms with E-state index in [0.717, 1.165) is 24.3 Å². The number of hydrogen-bond donors (Lipinski definition) is 0. The van der Waals surface area contributed by atoms with Gasteiger partial charge in [-0.05, 0) is 0 Å². The van der Waals surface area contributed by atoms with Crippen LogP contribution in [0.3, 0.4) is 0 Å². The van der Waals surface area contributed by atoms with Crippen LogP contribution < -0.4 is 0 Å². The van der Waals surface area contributed by atoms with Gasteiger partial charge in [0, 0.05) is 0 Å². The predicted octanol–water partition coefficient (Wildman–Crippen LogP) is 12.2. The molecule has 0 spiro atoms. The summed E-state index contributed by atoms with van der Waals surface area (Å²) in [6.45, 7) is 6.96. The molecule has 5 aromatic rings. The van der Waals surface area contributed by atoms with Crippen molar-refractivity contribution < 1.29 is 21.3 Å². The summed E-state index contributed by atoms with van der Waals surface area (Å²) in [4.78, 5) is 0. The molecule has 0 radical (unpaired) electrons. The topological polar surface area (TPSA) is 0 Å². The van der Waals surface area contributed by atoms with E-state index in [0.29, 0.717) is 3.63 Å². The molecule has 5 aromatic carbocycles. The van der Waals surface area contributed by atoms with Crippen LogP contribution in [0.1, 0.15) is 63.2 Å². The average Bonchev–Trinajstić information content (AvgIpc) is 3.71. The minimum absolute atomic E-state index is 0.427. The zero-order valence-corrected chi connectivity index (χ0v) is 30.3. The number of unbranched alkanes of at least 4 members (excludes halogenated alkanes) is 1. The molecule has 0 aromatic heterocycles. The molecule has 2 heteroatoms.